The van der Waals surface area contributed by atoms with Gasteiger partial charge in [0.25, 0.3) is 0 Å². The largest absolute Gasteiger partial charge is 0.457 e. The summed E-state index contributed by atoms with van der Waals surface area (Å²) in [6.45, 7) is 0. The van der Waals surface area contributed by atoms with Crippen molar-refractivity contribution in [3.05, 3.63) is 54.6 Å². The molecule has 0 radical (unpaired) electrons. The van der Waals surface area contributed by atoms with Crippen LogP contribution in [0.3, 0.4) is 0 Å². The van der Waals surface area contributed by atoms with Gasteiger partial charge in [0.2, 0.25) is 0 Å². The zero-order valence-electron chi connectivity index (χ0n) is 18.9. The van der Waals surface area contributed by atoms with Crippen molar-refractivity contribution >= 4 is 23.2 Å². The van der Waals surface area contributed by atoms with Crippen molar-refractivity contribution < 1.29 is 79.8 Å². The quantitative estimate of drug-likeness (QED) is 0.196. The van der Waals surface area contributed by atoms with Crippen LogP contribution in [0.25, 0.3) is 0 Å². The zero-order valence-corrected chi connectivity index (χ0v) is 19.7. The van der Waals surface area contributed by atoms with Gasteiger partial charge in [-0.1, -0.05) is 18.2 Å². The van der Waals surface area contributed by atoms with E-state index in [4.69, 9.17) is 4.74 Å². The third-order valence-corrected chi connectivity index (χ3v) is 5.34. The molecule has 2 rings (SSSR count). The minimum Gasteiger partial charge on any atom is -0.457 e. The van der Waals surface area contributed by atoms with E-state index in [1.54, 1.807) is 6.07 Å². The SMILES string of the molecule is O=C(Nc1ccc(Oc2ccccc2)cc1)C(F)(F)C(F)(F)C(F)(F)C(F)(F)C(F)(F)C(F)(F)C(F)(F)C(F)(F)Cl. The van der Waals surface area contributed by atoms with Crippen LogP contribution >= 0.6 is 11.6 Å². The smallest absolute Gasteiger partial charge is 0.393 e. The lowest BCUT2D eigenvalue weighted by atomic mass is 9.89. The monoisotopic (exact) mass is 647 g/mol. The average Bonchev–Trinajstić information content (AvgIpc) is 2.84. The third kappa shape index (κ3) is 5.31. The number of anilines is 1. The fraction of sp³-hybridized carbons (Fsp3) is 0.381. The van der Waals surface area contributed by atoms with Crippen molar-refractivity contribution in [2.75, 3.05) is 5.32 Å². The summed E-state index contributed by atoms with van der Waals surface area (Å²) < 4.78 is 222. The summed E-state index contributed by atoms with van der Waals surface area (Å²) in [6, 6.07) is 10.4. The van der Waals surface area contributed by atoms with Gasteiger partial charge in [-0.25, -0.2) is 0 Å². The van der Waals surface area contributed by atoms with Crippen LogP contribution in [0.15, 0.2) is 54.6 Å². The van der Waals surface area contributed by atoms with Crippen molar-refractivity contribution in [1.82, 2.24) is 0 Å². The summed E-state index contributed by atoms with van der Waals surface area (Å²) in [5.74, 6) is -60.7. The fourth-order valence-corrected chi connectivity index (χ4v) is 2.87. The van der Waals surface area contributed by atoms with Gasteiger partial charge in [-0.15, -0.1) is 0 Å². The Hall–Kier alpha value is -3.12. The van der Waals surface area contributed by atoms with Crippen molar-refractivity contribution in [2.45, 2.75) is 46.8 Å². The first kappa shape index (κ1) is 34.1. The Morgan fingerprint density at radius 1 is 0.537 bits per heavy atom. The fourth-order valence-electron chi connectivity index (χ4n) is 2.75. The molecule has 0 fully saturated rings. The van der Waals surface area contributed by atoms with Crippen LogP contribution in [0.1, 0.15) is 0 Å². The second-order valence-corrected chi connectivity index (χ2v) is 8.39. The third-order valence-electron chi connectivity index (χ3n) is 5.10. The summed E-state index contributed by atoms with van der Waals surface area (Å²) in [5.41, 5.74) is -0.943. The van der Waals surface area contributed by atoms with E-state index in [-0.39, 0.29) is 11.5 Å². The van der Waals surface area contributed by atoms with E-state index in [2.05, 4.69) is 11.6 Å². The maximum absolute atomic E-state index is 14.1. The summed E-state index contributed by atoms with van der Waals surface area (Å²) >= 11 is 3.45. The first-order valence-electron chi connectivity index (χ1n) is 10.1. The second kappa shape index (κ2) is 10.3. The molecule has 230 valence electrons. The maximum atomic E-state index is 14.1. The second-order valence-electron chi connectivity index (χ2n) is 7.91. The van der Waals surface area contributed by atoms with E-state index in [1.807, 2.05) is 0 Å². The number of hydrogen-bond acceptors (Lipinski definition) is 2. The van der Waals surface area contributed by atoms with Crippen LogP contribution in [-0.2, 0) is 4.79 Å². The molecule has 0 atom stereocenters. The highest BCUT2D eigenvalue weighted by Crippen LogP contribution is 2.64. The predicted octanol–water partition coefficient (Wildman–Crippen LogP) is 8.70. The molecule has 41 heavy (non-hydrogen) atoms. The van der Waals surface area contributed by atoms with Gasteiger partial charge in [0.05, 0.1) is 0 Å². The lowest BCUT2D eigenvalue weighted by Crippen LogP contribution is -2.75. The first-order chi connectivity index (χ1) is 18.2. The number of nitrogens with one attached hydrogen (secondary N) is 1. The Labute approximate surface area is 222 Å². The molecular weight excluding hydrogens is 638 g/mol. The molecule has 2 aromatic carbocycles. The van der Waals surface area contributed by atoms with Crippen LogP contribution in [-0.4, -0.2) is 52.7 Å². The molecular formula is C21H10ClF16NO2. The van der Waals surface area contributed by atoms with E-state index in [0.717, 1.165) is 17.4 Å². The highest BCUT2D eigenvalue weighted by atomic mass is 35.5. The summed E-state index contributed by atoms with van der Waals surface area (Å²) in [4.78, 5) is 11.6. The Balaban J connectivity index is 2.39. The molecule has 20 heteroatoms. The van der Waals surface area contributed by atoms with Gasteiger partial charge in [-0.05, 0) is 48.0 Å². The van der Waals surface area contributed by atoms with Crippen molar-refractivity contribution in [3.63, 3.8) is 0 Å². The molecule has 1 amide bonds. The topological polar surface area (TPSA) is 38.3 Å². The Morgan fingerprint density at radius 3 is 1.32 bits per heavy atom. The number of benzene rings is 2. The number of alkyl halides is 17. The number of halogens is 17. The molecule has 0 heterocycles. The minimum atomic E-state index is -8.65. The zero-order chi connectivity index (χ0) is 32.1. The van der Waals surface area contributed by atoms with Gasteiger partial charge in [0.15, 0.2) is 0 Å². The number of para-hydroxylation sites is 1. The Bertz CT molecular complexity index is 1230. The maximum Gasteiger partial charge on any atom is 0.393 e. The molecule has 0 bridgehead atoms. The van der Waals surface area contributed by atoms with Gasteiger partial charge >= 0.3 is 52.7 Å². The molecule has 0 saturated heterocycles. The molecule has 0 aliphatic rings. The normalized spacial score (nSPS) is 14.6. The molecule has 0 saturated carbocycles. The summed E-state index contributed by atoms with van der Waals surface area (Å²) in [5, 5.41) is -6.03. The molecule has 0 aliphatic carbocycles. The van der Waals surface area contributed by atoms with Crippen LogP contribution in [0.2, 0.25) is 0 Å². The molecule has 0 aromatic heterocycles. The van der Waals surface area contributed by atoms with Crippen molar-refractivity contribution in [1.29, 1.82) is 0 Å². The first-order valence-corrected chi connectivity index (χ1v) is 10.4. The van der Waals surface area contributed by atoms with Crippen molar-refractivity contribution in [2.24, 2.45) is 0 Å². The average molecular weight is 648 g/mol. The molecule has 0 spiro atoms. The van der Waals surface area contributed by atoms with Gasteiger partial charge in [0.1, 0.15) is 11.5 Å². The van der Waals surface area contributed by atoms with Crippen LogP contribution in [0.4, 0.5) is 75.9 Å². The van der Waals surface area contributed by atoms with Gasteiger partial charge < -0.3 is 10.1 Å². The Kier molecular flexibility index (Phi) is 8.57. The van der Waals surface area contributed by atoms with Crippen LogP contribution < -0.4 is 10.1 Å². The number of ether oxygens (including phenoxy) is 1. The number of amides is 1. The molecule has 2 aromatic rings. The summed E-state index contributed by atoms with van der Waals surface area (Å²) in [7, 11) is 0. The number of carbonyl (C=O) groups excluding carboxylic acids is 1. The van der Waals surface area contributed by atoms with Crippen molar-refractivity contribution in [3.8, 4) is 11.5 Å². The number of carbonyl (C=O) groups is 1. The lowest BCUT2D eigenvalue weighted by molar-refractivity contribution is -0.445. The van der Waals surface area contributed by atoms with Gasteiger partial charge in [0, 0.05) is 5.69 Å². The van der Waals surface area contributed by atoms with Crippen LogP contribution in [0, 0.1) is 0 Å². The molecule has 0 unspecified atom stereocenters. The molecule has 0 aliphatic heterocycles. The highest BCUT2D eigenvalue weighted by molar-refractivity contribution is 6.22. The van der Waals surface area contributed by atoms with Crippen LogP contribution in [0.5, 0.6) is 11.5 Å². The Morgan fingerprint density at radius 2 is 0.902 bits per heavy atom. The minimum absolute atomic E-state index is 0.0973. The lowest BCUT2D eigenvalue weighted by Gasteiger charge is -2.42. The summed E-state index contributed by atoms with van der Waals surface area (Å²) in [6.07, 6.45) is 0. The number of rotatable bonds is 11. The van der Waals surface area contributed by atoms with E-state index in [9.17, 15) is 75.0 Å². The molecule has 1 N–H and O–H groups in total. The van der Waals surface area contributed by atoms with E-state index < -0.39 is 58.4 Å². The van der Waals surface area contributed by atoms with Gasteiger partial charge in [-0.3, -0.25) is 4.79 Å². The van der Waals surface area contributed by atoms with E-state index in [0.29, 0.717) is 12.1 Å². The standard InChI is InChI=1S/C21H10ClF16NO2/c22-21(37,38)20(35,36)19(33,34)18(31,32)17(29,30)16(27,28)15(25,26)14(23,24)13(40)39-10-6-8-12(9-7-10)41-11-4-2-1-3-5-11/h1-9H,(H,39,40). The predicted molar refractivity (Wildman–Crippen MR) is 107 cm³/mol. The van der Waals surface area contributed by atoms with Gasteiger partial charge in [-0.2, -0.15) is 70.2 Å². The van der Waals surface area contributed by atoms with E-state index >= 15 is 0 Å². The number of hydrogen-bond donors (Lipinski definition) is 1. The van der Waals surface area contributed by atoms with E-state index in [1.165, 1.54) is 24.3 Å². The highest BCUT2D eigenvalue weighted by Gasteiger charge is 2.95. The molecule has 3 nitrogen and oxygen atoms in total.